The largest absolute Gasteiger partial charge is 0.444 e. The van der Waals surface area contributed by atoms with Crippen molar-refractivity contribution in [1.29, 1.82) is 0 Å². The van der Waals surface area contributed by atoms with E-state index in [1.807, 2.05) is 20.8 Å². The highest BCUT2D eigenvalue weighted by Gasteiger charge is 2.37. The van der Waals surface area contributed by atoms with Crippen LogP contribution in [0.5, 0.6) is 0 Å². The second-order valence-electron chi connectivity index (χ2n) is 11.1. The number of carbonyl (C=O) groups excluding carboxylic acids is 3. The van der Waals surface area contributed by atoms with Gasteiger partial charge >= 0.3 is 18.4 Å². The average Bonchev–Trinajstić information content (AvgIpc) is 2.82. The van der Waals surface area contributed by atoms with E-state index in [4.69, 9.17) is 9.47 Å². The van der Waals surface area contributed by atoms with Crippen LogP contribution in [0, 0.1) is 5.82 Å². The summed E-state index contributed by atoms with van der Waals surface area (Å²) in [5, 5.41) is 3.18. The van der Waals surface area contributed by atoms with Crippen molar-refractivity contribution in [3.05, 3.63) is 35.1 Å². The molecule has 2 heterocycles. The molecular weight excluding hydrogens is 524 g/mol. The van der Waals surface area contributed by atoms with Gasteiger partial charge in [-0.3, -0.25) is 4.79 Å². The Kier molecular flexibility index (Phi) is 10.6. The molecule has 0 spiro atoms. The fourth-order valence-electron chi connectivity index (χ4n) is 3.68. The third kappa shape index (κ3) is 10.2. The van der Waals surface area contributed by atoms with Gasteiger partial charge < -0.3 is 29.5 Å². The maximum Gasteiger partial charge on any atom is 0.419 e. The van der Waals surface area contributed by atoms with Gasteiger partial charge in [-0.2, -0.15) is 13.2 Å². The molecule has 2 aliphatic heterocycles. The van der Waals surface area contributed by atoms with E-state index >= 15 is 0 Å². The molecule has 9 nitrogen and oxygen atoms in total. The number of hydrogen-bond donors (Lipinski definition) is 1. The van der Waals surface area contributed by atoms with Crippen LogP contribution in [-0.2, 0) is 15.7 Å². The topological polar surface area (TPSA) is 91.4 Å². The lowest BCUT2D eigenvalue weighted by atomic mass is 10.1. The van der Waals surface area contributed by atoms with Gasteiger partial charge in [0.2, 0.25) is 0 Å². The smallest absolute Gasteiger partial charge is 0.419 e. The molecule has 0 atom stereocenters. The summed E-state index contributed by atoms with van der Waals surface area (Å²) in [7, 11) is 0. The molecule has 13 heteroatoms. The Hall–Kier alpha value is -3.09. The van der Waals surface area contributed by atoms with E-state index in [1.165, 1.54) is 9.80 Å². The van der Waals surface area contributed by atoms with Crippen molar-refractivity contribution in [2.75, 3.05) is 52.4 Å². The number of amides is 3. The Bertz CT molecular complexity index is 1010. The van der Waals surface area contributed by atoms with Gasteiger partial charge in [-0.05, 0) is 53.7 Å². The number of rotatable bonds is 1. The molecule has 1 N–H and O–H groups in total. The first kappa shape index (κ1) is 32.1. The van der Waals surface area contributed by atoms with Gasteiger partial charge in [-0.25, -0.2) is 14.0 Å². The van der Waals surface area contributed by atoms with E-state index in [2.05, 4.69) is 5.32 Å². The Labute approximate surface area is 226 Å². The first-order valence-corrected chi connectivity index (χ1v) is 12.7. The Balaban J connectivity index is 0.000000344. The van der Waals surface area contributed by atoms with Crippen molar-refractivity contribution in [2.45, 2.75) is 58.9 Å². The van der Waals surface area contributed by atoms with Crippen LogP contribution in [0.3, 0.4) is 0 Å². The zero-order chi connectivity index (χ0) is 29.6. The van der Waals surface area contributed by atoms with Crippen molar-refractivity contribution in [1.82, 2.24) is 20.0 Å². The minimum absolute atomic E-state index is 0.0771. The lowest BCUT2D eigenvalue weighted by Crippen LogP contribution is -2.51. The zero-order valence-corrected chi connectivity index (χ0v) is 23.3. The summed E-state index contributed by atoms with van der Waals surface area (Å²) in [4.78, 5) is 40.2. The van der Waals surface area contributed by atoms with Gasteiger partial charge in [0.05, 0.1) is 11.1 Å². The van der Waals surface area contributed by atoms with Crippen LogP contribution in [0.4, 0.5) is 27.2 Å². The molecular formula is C26H38F4N4O5. The summed E-state index contributed by atoms with van der Waals surface area (Å²) in [5.74, 6) is -2.42. The van der Waals surface area contributed by atoms with Crippen LogP contribution >= 0.6 is 0 Å². The highest BCUT2D eigenvalue weighted by molar-refractivity contribution is 5.95. The first-order valence-electron chi connectivity index (χ1n) is 12.7. The second kappa shape index (κ2) is 12.8. The Morgan fingerprint density at radius 2 is 1.18 bits per heavy atom. The summed E-state index contributed by atoms with van der Waals surface area (Å²) in [6.07, 6.45) is -5.61. The van der Waals surface area contributed by atoms with E-state index < -0.39 is 40.7 Å². The summed E-state index contributed by atoms with van der Waals surface area (Å²) in [6.45, 7) is 14.5. The Morgan fingerprint density at radius 1 is 0.744 bits per heavy atom. The number of piperazine rings is 2. The van der Waals surface area contributed by atoms with Gasteiger partial charge in [0.1, 0.15) is 17.0 Å². The van der Waals surface area contributed by atoms with E-state index in [9.17, 15) is 31.9 Å². The monoisotopic (exact) mass is 562 g/mol. The number of benzene rings is 1. The van der Waals surface area contributed by atoms with E-state index in [-0.39, 0.29) is 37.9 Å². The van der Waals surface area contributed by atoms with Crippen molar-refractivity contribution < 1.29 is 41.4 Å². The molecule has 1 aromatic carbocycles. The molecule has 2 aliphatic rings. The predicted molar refractivity (Wildman–Crippen MR) is 136 cm³/mol. The summed E-state index contributed by atoms with van der Waals surface area (Å²) in [5.41, 5.74) is -3.16. The molecule has 0 aromatic heterocycles. The molecule has 0 radical (unpaired) electrons. The van der Waals surface area contributed by atoms with Crippen LogP contribution in [0.15, 0.2) is 18.2 Å². The maximum absolute atomic E-state index is 14.1. The molecule has 2 fully saturated rings. The van der Waals surface area contributed by atoms with Gasteiger partial charge in [0.15, 0.2) is 0 Å². The van der Waals surface area contributed by atoms with E-state index in [0.717, 1.165) is 38.3 Å². The van der Waals surface area contributed by atoms with Crippen molar-refractivity contribution in [2.24, 2.45) is 0 Å². The molecule has 39 heavy (non-hydrogen) atoms. The Morgan fingerprint density at radius 3 is 1.62 bits per heavy atom. The maximum atomic E-state index is 14.1. The first-order chi connectivity index (χ1) is 17.9. The number of nitrogens with one attached hydrogen (secondary N) is 1. The SMILES string of the molecule is CC(C)(C)OC(=O)N1CCN(C(=O)c2cccc(C(F)(F)F)c2F)CC1.CC(C)(C)OC(=O)N1CCNCC1. The summed E-state index contributed by atoms with van der Waals surface area (Å²) >= 11 is 0. The highest BCUT2D eigenvalue weighted by atomic mass is 19.4. The molecule has 3 amide bonds. The van der Waals surface area contributed by atoms with Crippen LogP contribution in [-0.4, -0.2) is 96.4 Å². The van der Waals surface area contributed by atoms with Crippen LogP contribution in [0.25, 0.3) is 0 Å². The van der Waals surface area contributed by atoms with Crippen LogP contribution < -0.4 is 5.32 Å². The predicted octanol–water partition coefficient (Wildman–Crippen LogP) is 4.36. The molecule has 0 aliphatic carbocycles. The lowest BCUT2D eigenvalue weighted by molar-refractivity contribution is -0.140. The third-order valence-corrected chi connectivity index (χ3v) is 5.52. The molecule has 220 valence electrons. The third-order valence-electron chi connectivity index (χ3n) is 5.52. The molecule has 2 saturated heterocycles. The number of hydrogen-bond acceptors (Lipinski definition) is 6. The standard InChI is InChI=1S/C17H20F4N2O3.C9H18N2O2/c1-16(2,3)26-15(25)23-9-7-22(8-10-23)14(24)11-5-4-6-12(13(11)18)17(19,20)21;1-9(2,3)13-8(12)11-6-4-10-5-7-11/h4-6H,7-10H2,1-3H3;10H,4-7H2,1-3H3. The summed E-state index contributed by atoms with van der Waals surface area (Å²) < 4.78 is 62.9. The fraction of sp³-hybridized carbons (Fsp3) is 0.654. The lowest BCUT2D eigenvalue weighted by Gasteiger charge is -2.35. The minimum Gasteiger partial charge on any atom is -0.444 e. The van der Waals surface area contributed by atoms with Gasteiger partial charge in [-0.1, -0.05) is 6.07 Å². The molecule has 3 rings (SSSR count). The number of halogens is 4. The normalized spacial score (nSPS) is 16.7. The van der Waals surface area contributed by atoms with E-state index in [1.54, 1.807) is 25.7 Å². The van der Waals surface area contributed by atoms with Crippen LogP contribution in [0.1, 0.15) is 57.5 Å². The van der Waals surface area contributed by atoms with E-state index in [0.29, 0.717) is 6.07 Å². The molecule has 0 saturated carbocycles. The van der Waals surface area contributed by atoms with Gasteiger partial charge in [0, 0.05) is 52.4 Å². The van der Waals surface area contributed by atoms with Gasteiger partial charge in [-0.15, -0.1) is 0 Å². The summed E-state index contributed by atoms with van der Waals surface area (Å²) in [6, 6.07) is 2.61. The van der Waals surface area contributed by atoms with Gasteiger partial charge in [0.25, 0.3) is 5.91 Å². The fourth-order valence-corrected chi connectivity index (χ4v) is 3.68. The number of ether oxygens (including phenoxy) is 2. The average molecular weight is 563 g/mol. The van der Waals surface area contributed by atoms with Crippen molar-refractivity contribution in [3.8, 4) is 0 Å². The second-order valence-corrected chi connectivity index (χ2v) is 11.1. The quantitative estimate of drug-likeness (QED) is 0.512. The molecule has 1 aromatic rings. The number of nitrogens with zero attached hydrogens (tertiary/aromatic N) is 3. The number of carbonyl (C=O) groups is 3. The molecule has 0 bridgehead atoms. The minimum atomic E-state index is -4.88. The number of alkyl halides is 3. The van der Waals surface area contributed by atoms with Crippen LogP contribution in [0.2, 0.25) is 0 Å². The highest BCUT2D eigenvalue weighted by Crippen LogP contribution is 2.32. The van der Waals surface area contributed by atoms with Crippen molar-refractivity contribution in [3.63, 3.8) is 0 Å². The molecule has 0 unspecified atom stereocenters. The van der Waals surface area contributed by atoms with Crippen molar-refractivity contribution >= 4 is 18.1 Å². The zero-order valence-electron chi connectivity index (χ0n) is 23.3.